The van der Waals surface area contributed by atoms with Gasteiger partial charge in [0.15, 0.2) is 0 Å². The quantitative estimate of drug-likeness (QED) is 0.703. The second-order valence-electron chi connectivity index (χ2n) is 9.90. The first kappa shape index (κ1) is 19.5. The minimum absolute atomic E-state index is 0.0496. The van der Waals surface area contributed by atoms with Crippen molar-refractivity contribution in [2.75, 3.05) is 6.54 Å². The van der Waals surface area contributed by atoms with Gasteiger partial charge in [0.2, 0.25) is 11.8 Å². The number of unbranched alkanes of at least 4 members (excludes halogenated alkanes) is 1. The number of aryl methyl sites for hydroxylation is 2. The Kier molecular flexibility index (Phi) is 5.24. The van der Waals surface area contributed by atoms with Gasteiger partial charge in [0.25, 0.3) is 0 Å². The van der Waals surface area contributed by atoms with Crippen molar-refractivity contribution in [2.45, 2.75) is 77.2 Å². The molecule has 1 aromatic rings. The van der Waals surface area contributed by atoms with E-state index >= 15 is 0 Å². The molecule has 0 heterocycles. The van der Waals surface area contributed by atoms with Crippen molar-refractivity contribution in [3.8, 4) is 0 Å². The lowest BCUT2D eigenvalue weighted by molar-refractivity contribution is -0.153. The van der Waals surface area contributed by atoms with Crippen molar-refractivity contribution in [3.63, 3.8) is 0 Å². The van der Waals surface area contributed by atoms with E-state index in [0.717, 1.165) is 57.9 Å². The Bertz CT molecular complexity index is 725. The molecule has 1 aromatic carbocycles. The maximum Gasteiger partial charge on any atom is 0.226 e. The van der Waals surface area contributed by atoms with E-state index in [9.17, 15) is 9.59 Å². The number of carbonyl (C=O) groups excluding carboxylic acids is 2. The van der Waals surface area contributed by atoms with Gasteiger partial charge in [-0.1, -0.05) is 29.8 Å². The van der Waals surface area contributed by atoms with Crippen LogP contribution in [-0.4, -0.2) is 23.9 Å². The number of nitrogens with one attached hydrogen (secondary N) is 2. The van der Waals surface area contributed by atoms with Crippen LogP contribution in [0, 0.1) is 24.2 Å². The molecule has 0 saturated heterocycles. The smallest absolute Gasteiger partial charge is 0.226 e. The molecule has 4 aliphatic rings. The lowest BCUT2D eigenvalue weighted by atomic mass is 9.46. The van der Waals surface area contributed by atoms with E-state index in [2.05, 4.69) is 41.8 Å². The number of hydrogen-bond acceptors (Lipinski definition) is 2. The van der Waals surface area contributed by atoms with Crippen molar-refractivity contribution >= 4 is 11.8 Å². The van der Waals surface area contributed by atoms with Gasteiger partial charge in [0, 0.05) is 19.0 Å². The Morgan fingerprint density at radius 1 is 1.04 bits per heavy atom. The van der Waals surface area contributed by atoms with Gasteiger partial charge in [-0.25, -0.2) is 0 Å². The van der Waals surface area contributed by atoms with Crippen molar-refractivity contribution < 1.29 is 9.59 Å². The summed E-state index contributed by atoms with van der Waals surface area (Å²) in [6.45, 7) is 4.48. The molecule has 4 fully saturated rings. The highest BCUT2D eigenvalue weighted by Gasteiger charge is 2.60. The summed E-state index contributed by atoms with van der Waals surface area (Å²) in [7, 11) is 0. The Balaban J connectivity index is 1.29. The summed E-state index contributed by atoms with van der Waals surface area (Å²) in [5.41, 5.74) is 2.29. The van der Waals surface area contributed by atoms with Gasteiger partial charge in [-0.3, -0.25) is 9.59 Å². The first-order valence-corrected chi connectivity index (χ1v) is 11.0. The van der Waals surface area contributed by atoms with Crippen LogP contribution in [0.4, 0.5) is 0 Å². The largest absolute Gasteiger partial charge is 0.356 e. The molecule has 2 N–H and O–H groups in total. The summed E-state index contributed by atoms with van der Waals surface area (Å²) >= 11 is 0. The number of benzene rings is 1. The summed E-state index contributed by atoms with van der Waals surface area (Å²) in [4.78, 5) is 24.9. The molecule has 4 nitrogen and oxygen atoms in total. The summed E-state index contributed by atoms with van der Waals surface area (Å²) in [5, 5.41) is 6.50. The van der Waals surface area contributed by atoms with Crippen LogP contribution < -0.4 is 10.6 Å². The SMILES string of the molecule is CC(=O)NC12CC3CC(C1)CC(C(=O)NCCCCc1ccc(C)cc1)(C3)C2. The zero-order valence-electron chi connectivity index (χ0n) is 17.4. The Hall–Kier alpha value is -1.84. The third-order valence-electron chi connectivity index (χ3n) is 7.28. The second kappa shape index (κ2) is 7.53. The van der Waals surface area contributed by atoms with Gasteiger partial charge in [0.05, 0.1) is 5.41 Å². The minimum Gasteiger partial charge on any atom is -0.356 e. The predicted octanol–water partition coefficient (Wildman–Crippen LogP) is 3.91. The molecule has 0 spiro atoms. The van der Waals surface area contributed by atoms with E-state index in [0.29, 0.717) is 11.8 Å². The van der Waals surface area contributed by atoms with E-state index < -0.39 is 0 Å². The van der Waals surface area contributed by atoms with E-state index in [1.54, 1.807) is 6.92 Å². The van der Waals surface area contributed by atoms with Crippen LogP contribution in [0.2, 0.25) is 0 Å². The van der Waals surface area contributed by atoms with E-state index in [4.69, 9.17) is 0 Å². The summed E-state index contributed by atoms with van der Waals surface area (Å²) in [6, 6.07) is 8.72. The topological polar surface area (TPSA) is 58.2 Å². The van der Waals surface area contributed by atoms with Crippen LogP contribution in [-0.2, 0) is 16.0 Å². The van der Waals surface area contributed by atoms with Crippen LogP contribution >= 0.6 is 0 Å². The molecule has 2 unspecified atom stereocenters. The van der Waals surface area contributed by atoms with E-state index in [-0.39, 0.29) is 22.8 Å². The molecule has 4 bridgehead atoms. The van der Waals surface area contributed by atoms with Crippen molar-refractivity contribution in [1.29, 1.82) is 0 Å². The highest BCUT2D eigenvalue weighted by atomic mass is 16.2. The Morgan fingerprint density at radius 3 is 2.36 bits per heavy atom. The molecule has 0 radical (unpaired) electrons. The molecule has 4 heteroatoms. The predicted molar refractivity (Wildman–Crippen MR) is 111 cm³/mol. The molecule has 0 aromatic heterocycles. The Labute approximate surface area is 168 Å². The maximum absolute atomic E-state index is 13.2. The fourth-order valence-corrected chi connectivity index (χ4v) is 6.65. The van der Waals surface area contributed by atoms with Crippen LogP contribution in [0.25, 0.3) is 0 Å². The molecular weight excluding hydrogens is 348 g/mol. The van der Waals surface area contributed by atoms with E-state index in [1.165, 1.54) is 17.5 Å². The zero-order chi connectivity index (χ0) is 19.8. The van der Waals surface area contributed by atoms with Crippen molar-refractivity contribution in [3.05, 3.63) is 35.4 Å². The number of rotatable bonds is 7. The van der Waals surface area contributed by atoms with Crippen LogP contribution in [0.15, 0.2) is 24.3 Å². The summed E-state index contributed by atoms with van der Waals surface area (Å²) in [5.74, 6) is 1.49. The summed E-state index contributed by atoms with van der Waals surface area (Å²) in [6.07, 6.45) is 9.41. The van der Waals surface area contributed by atoms with Crippen LogP contribution in [0.5, 0.6) is 0 Å². The van der Waals surface area contributed by atoms with Gasteiger partial charge in [0.1, 0.15) is 0 Å². The van der Waals surface area contributed by atoms with Gasteiger partial charge < -0.3 is 10.6 Å². The lowest BCUT2D eigenvalue weighted by Gasteiger charge is -2.61. The minimum atomic E-state index is -0.247. The van der Waals surface area contributed by atoms with Crippen molar-refractivity contribution in [1.82, 2.24) is 10.6 Å². The molecule has 2 amide bonds. The fourth-order valence-electron chi connectivity index (χ4n) is 6.65. The lowest BCUT2D eigenvalue weighted by Crippen LogP contribution is -2.65. The molecule has 5 rings (SSSR count). The van der Waals surface area contributed by atoms with Gasteiger partial charge in [-0.2, -0.15) is 0 Å². The highest BCUT2D eigenvalue weighted by molar-refractivity contribution is 5.84. The zero-order valence-corrected chi connectivity index (χ0v) is 17.4. The monoisotopic (exact) mass is 382 g/mol. The normalized spacial score (nSPS) is 32.9. The number of hydrogen-bond donors (Lipinski definition) is 2. The molecule has 2 atom stereocenters. The number of amides is 2. The Morgan fingerprint density at radius 2 is 1.71 bits per heavy atom. The maximum atomic E-state index is 13.2. The average Bonchev–Trinajstić information content (AvgIpc) is 2.60. The van der Waals surface area contributed by atoms with Gasteiger partial charge in [-0.15, -0.1) is 0 Å². The first-order valence-electron chi connectivity index (χ1n) is 11.0. The standard InChI is InChI=1S/C24H34N2O2/c1-17-6-8-19(9-7-17)5-3-4-10-25-22(28)23-12-20-11-21(13-23)15-24(14-20,16-23)26-18(2)27/h6-9,20-21H,3-5,10-16H2,1-2H3,(H,25,28)(H,26,27). The first-order chi connectivity index (χ1) is 13.4. The average molecular weight is 383 g/mol. The molecule has 4 aliphatic carbocycles. The summed E-state index contributed by atoms with van der Waals surface area (Å²) < 4.78 is 0. The van der Waals surface area contributed by atoms with Crippen molar-refractivity contribution in [2.24, 2.45) is 17.3 Å². The van der Waals surface area contributed by atoms with Crippen LogP contribution in [0.3, 0.4) is 0 Å². The highest BCUT2D eigenvalue weighted by Crippen LogP contribution is 2.61. The third kappa shape index (κ3) is 3.97. The fraction of sp³-hybridized carbons (Fsp3) is 0.667. The van der Waals surface area contributed by atoms with Crippen LogP contribution in [0.1, 0.15) is 69.4 Å². The molecule has 28 heavy (non-hydrogen) atoms. The molecule has 152 valence electrons. The third-order valence-corrected chi connectivity index (χ3v) is 7.28. The second-order valence-corrected chi connectivity index (χ2v) is 9.90. The number of carbonyl (C=O) groups is 2. The van der Waals surface area contributed by atoms with Gasteiger partial charge >= 0.3 is 0 Å². The van der Waals surface area contributed by atoms with E-state index in [1.807, 2.05) is 0 Å². The molecule has 0 aliphatic heterocycles. The molecular formula is C24H34N2O2. The van der Waals surface area contributed by atoms with Gasteiger partial charge in [-0.05, 0) is 82.1 Å². The molecule has 4 saturated carbocycles.